The van der Waals surface area contributed by atoms with E-state index in [-0.39, 0.29) is 5.38 Å². The van der Waals surface area contributed by atoms with Crippen molar-refractivity contribution in [1.29, 1.82) is 0 Å². The van der Waals surface area contributed by atoms with Gasteiger partial charge >= 0.3 is 0 Å². The summed E-state index contributed by atoms with van der Waals surface area (Å²) in [6.07, 6.45) is 4.09. The predicted molar refractivity (Wildman–Crippen MR) is 80.1 cm³/mol. The highest BCUT2D eigenvalue weighted by Gasteiger charge is 2.21. The molecule has 0 aromatic carbocycles. The van der Waals surface area contributed by atoms with E-state index in [0.29, 0.717) is 5.92 Å². The molecule has 1 aliphatic heterocycles. The van der Waals surface area contributed by atoms with Crippen LogP contribution in [0.1, 0.15) is 36.5 Å². The first-order chi connectivity index (χ1) is 9.65. The highest BCUT2D eigenvalue weighted by Crippen LogP contribution is 2.27. The van der Waals surface area contributed by atoms with Gasteiger partial charge in [-0.15, -0.1) is 11.6 Å². The van der Waals surface area contributed by atoms with Crippen LogP contribution < -0.4 is 0 Å². The number of nitrogens with zero attached hydrogens (tertiary/aromatic N) is 3. The van der Waals surface area contributed by atoms with Gasteiger partial charge in [-0.3, -0.25) is 0 Å². The Morgan fingerprint density at radius 3 is 2.90 bits per heavy atom. The SMILES string of the molecule is Cc1cnc2c(c1)nc(C(C)Cl)n2CC1CCOCC1. The van der Waals surface area contributed by atoms with Gasteiger partial charge in [0.1, 0.15) is 11.3 Å². The molecule has 20 heavy (non-hydrogen) atoms. The number of hydrogen-bond donors (Lipinski definition) is 0. The molecule has 2 aromatic rings. The van der Waals surface area contributed by atoms with Gasteiger partial charge in [0.25, 0.3) is 0 Å². The van der Waals surface area contributed by atoms with Crippen molar-refractivity contribution in [2.75, 3.05) is 13.2 Å². The lowest BCUT2D eigenvalue weighted by Gasteiger charge is -2.23. The van der Waals surface area contributed by atoms with Gasteiger partial charge in [0.2, 0.25) is 0 Å². The molecule has 0 N–H and O–H groups in total. The minimum absolute atomic E-state index is 0.107. The summed E-state index contributed by atoms with van der Waals surface area (Å²) in [6.45, 7) is 6.65. The van der Waals surface area contributed by atoms with Gasteiger partial charge in [0, 0.05) is 26.0 Å². The zero-order valence-electron chi connectivity index (χ0n) is 12.0. The average molecular weight is 294 g/mol. The monoisotopic (exact) mass is 293 g/mol. The van der Waals surface area contributed by atoms with E-state index in [0.717, 1.165) is 55.2 Å². The maximum absolute atomic E-state index is 6.30. The average Bonchev–Trinajstić information content (AvgIpc) is 2.78. The molecule has 0 bridgehead atoms. The summed E-state index contributed by atoms with van der Waals surface area (Å²) in [4.78, 5) is 9.24. The summed E-state index contributed by atoms with van der Waals surface area (Å²) >= 11 is 6.30. The zero-order chi connectivity index (χ0) is 14.1. The number of aromatic nitrogens is 3. The Balaban J connectivity index is 1.99. The number of imidazole rings is 1. The molecular weight excluding hydrogens is 274 g/mol. The number of aryl methyl sites for hydroxylation is 1. The van der Waals surface area contributed by atoms with Gasteiger partial charge < -0.3 is 9.30 Å². The molecule has 3 heterocycles. The Labute approximate surface area is 124 Å². The number of alkyl halides is 1. The molecule has 1 fully saturated rings. The quantitative estimate of drug-likeness (QED) is 0.814. The van der Waals surface area contributed by atoms with Crippen molar-refractivity contribution < 1.29 is 4.74 Å². The molecule has 0 saturated carbocycles. The molecule has 0 spiro atoms. The maximum atomic E-state index is 6.30. The summed E-state index contributed by atoms with van der Waals surface area (Å²) in [5.74, 6) is 1.55. The van der Waals surface area contributed by atoms with Crippen LogP contribution in [0.2, 0.25) is 0 Å². The Bertz CT molecular complexity index is 602. The molecular formula is C15H20ClN3O. The third-order valence-electron chi connectivity index (χ3n) is 3.89. The van der Waals surface area contributed by atoms with Crippen molar-refractivity contribution in [3.63, 3.8) is 0 Å². The summed E-state index contributed by atoms with van der Waals surface area (Å²) in [5.41, 5.74) is 3.02. The fourth-order valence-corrected chi connectivity index (χ4v) is 2.97. The summed E-state index contributed by atoms with van der Waals surface area (Å²) in [7, 11) is 0. The van der Waals surface area contributed by atoms with Gasteiger partial charge in [0.15, 0.2) is 5.65 Å². The zero-order valence-corrected chi connectivity index (χ0v) is 12.7. The second-order valence-electron chi connectivity index (χ2n) is 5.61. The van der Waals surface area contributed by atoms with E-state index in [1.165, 1.54) is 0 Å². The summed E-state index contributed by atoms with van der Waals surface area (Å²) in [5, 5.41) is -0.107. The molecule has 0 amide bonds. The first kappa shape index (κ1) is 13.8. The minimum Gasteiger partial charge on any atom is -0.381 e. The standard InChI is InChI=1S/C15H20ClN3O/c1-10-7-13-15(17-8-10)19(14(18-13)11(2)16)9-12-3-5-20-6-4-12/h7-8,11-12H,3-6,9H2,1-2H3. The Morgan fingerprint density at radius 1 is 1.45 bits per heavy atom. The van der Waals surface area contributed by atoms with Crippen LogP contribution in [0.3, 0.4) is 0 Å². The molecule has 1 saturated heterocycles. The number of hydrogen-bond acceptors (Lipinski definition) is 3. The molecule has 2 aromatic heterocycles. The van der Waals surface area contributed by atoms with E-state index in [1.54, 1.807) is 0 Å². The molecule has 1 unspecified atom stereocenters. The van der Waals surface area contributed by atoms with Crippen LogP contribution in [0.15, 0.2) is 12.3 Å². The van der Waals surface area contributed by atoms with E-state index >= 15 is 0 Å². The number of halogens is 1. The molecule has 0 radical (unpaired) electrons. The maximum Gasteiger partial charge on any atom is 0.160 e. The van der Waals surface area contributed by atoms with Crippen molar-refractivity contribution in [1.82, 2.24) is 14.5 Å². The third-order valence-corrected chi connectivity index (χ3v) is 4.08. The predicted octanol–water partition coefficient (Wildman–Crippen LogP) is 3.47. The topological polar surface area (TPSA) is 39.9 Å². The van der Waals surface area contributed by atoms with Gasteiger partial charge in [-0.1, -0.05) is 0 Å². The van der Waals surface area contributed by atoms with Crippen LogP contribution in [-0.2, 0) is 11.3 Å². The van der Waals surface area contributed by atoms with Crippen LogP contribution in [0.5, 0.6) is 0 Å². The second-order valence-corrected chi connectivity index (χ2v) is 6.26. The van der Waals surface area contributed by atoms with E-state index in [2.05, 4.69) is 20.6 Å². The van der Waals surface area contributed by atoms with E-state index in [4.69, 9.17) is 16.3 Å². The molecule has 108 valence electrons. The molecule has 5 heteroatoms. The van der Waals surface area contributed by atoms with Crippen molar-refractivity contribution in [3.05, 3.63) is 23.7 Å². The lowest BCUT2D eigenvalue weighted by Crippen LogP contribution is -2.21. The fraction of sp³-hybridized carbons (Fsp3) is 0.600. The van der Waals surface area contributed by atoms with Crippen molar-refractivity contribution in [3.8, 4) is 0 Å². The highest BCUT2D eigenvalue weighted by molar-refractivity contribution is 6.20. The Kier molecular flexibility index (Phi) is 3.94. The van der Waals surface area contributed by atoms with Crippen molar-refractivity contribution >= 4 is 22.8 Å². The molecule has 1 atom stereocenters. The highest BCUT2D eigenvalue weighted by atomic mass is 35.5. The lowest BCUT2D eigenvalue weighted by molar-refractivity contribution is 0.0613. The summed E-state index contributed by atoms with van der Waals surface area (Å²) in [6, 6.07) is 2.07. The fourth-order valence-electron chi connectivity index (χ4n) is 2.80. The molecule has 4 nitrogen and oxygen atoms in total. The number of ether oxygens (including phenoxy) is 1. The molecule has 1 aliphatic rings. The van der Waals surface area contributed by atoms with Crippen LogP contribution in [0.25, 0.3) is 11.2 Å². The van der Waals surface area contributed by atoms with E-state index < -0.39 is 0 Å². The summed E-state index contributed by atoms with van der Waals surface area (Å²) < 4.78 is 7.63. The van der Waals surface area contributed by atoms with E-state index in [9.17, 15) is 0 Å². The number of pyridine rings is 1. The normalized spacial score (nSPS) is 18.6. The van der Waals surface area contributed by atoms with Crippen LogP contribution in [0.4, 0.5) is 0 Å². The van der Waals surface area contributed by atoms with Gasteiger partial charge in [-0.2, -0.15) is 0 Å². The van der Waals surface area contributed by atoms with Gasteiger partial charge in [-0.25, -0.2) is 9.97 Å². The number of fused-ring (bicyclic) bond motifs is 1. The van der Waals surface area contributed by atoms with Gasteiger partial charge in [0.05, 0.1) is 5.38 Å². The van der Waals surface area contributed by atoms with Crippen LogP contribution in [-0.4, -0.2) is 27.7 Å². The first-order valence-electron chi connectivity index (χ1n) is 7.19. The molecule has 0 aliphatic carbocycles. The van der Waals surface area contributed by atoms with Crippen molar-refractivity contribution in [2.45, 2.75) is 38.6 Å². The van der Waals surface area contributed by atoms with Crippen molar-refractivity contribution in [2.24, 2.45) is 5.92 Å². The minimum atomic E-state index is -0.107. The second kappa shape index (κ2) is 5.70. The molecule has 3 rings (SSSR count). The van der Waals surface area contributed by atoms with Crippen LogP contribution in [0, 0.1) is 12.8 Å². The smallest absolute Gasteiger partial charge is 0.160 e. The third kappa shape index (κ3) is 2.67. The Morgan fingerprint density at radius 2 is 2.20 bits per heavy atom. The van der Waals surface area contributed by atoms with Gasteiger partial charge in [-0.05, 0) is 44.2 Å². The van der Waals surface area contributed by atoms with E-state index in [1.807, 2.05) is 20.0 Å². The lowest BCUT2D eigenvalue weighted by atomic mass is 10.0. The largest absolute Gasteiger partial charge is 0.381 e. The van der Waals surface area contributed by atoms with Crippen LogP contribution >= 0.6 is 11.6 Å². The first-order valence-corrected chi connectivity index (χ1v) is 7.63. The Hall–Kier alpha value is -1.13. The number of rotatable bonds is 3.